The fraction of sp³-hybridized carbons (Fsp3) is 0.208. The lowest BCUT2D eigenvalue weighted by Crippen LogP contribution is -2.26. The van der Waals surface area contributed by atoms with Gasteiger partial charge in [0, 0.05) is 6.54 Å². The van der Waals surface area contributed by atoms with Crippen molar-refractivity contribution in [1.29, 1.82) is 0 Å². The largest absolute Gasteiger partial charge is 0.465 e. The molecular weight excluding hydrogens is 414 g/mol. The van der Waals surface area contributed by atoms with E-state index in [1.54, 1.807) is 19.9 Å². The van der Waals surface area contributed by atoms with E-state index in [2.05, 4.69) is 4.72 Å². The van der Waals surface area contributed by atoms with Crippen molar-refractivity contribution >= 4 is 16.0 Å². The van der Waals surface area contributed by atoms with Crippen LogP contribution in [0.1, 0.15) is 27.0 Å². The molecule has 0 aromatic heterocycles. The number of hydrogen-bond acceptors (Lipinski definition) is 5. The zero-order valence-electron chi connectivity index (χ0n) is 17.7. The number of rotatable bonds is 8. The van der Waals surface area contributed by atoms with Gasteiger partial charge >= 0.3 is 5.97 Å². The second-order valence-corrected chi connectivity index (χ2v) is 8.88. The van der Waals surface area contributed by atoms with E-state index in [1.165, 1.54) is 13.2 Å². The summed E-state index contributed by atoms with van der Waals surface area (Å²) in [5.74, 6) is 0.902. The van der Waals surface area contributed by atoms with Gasteiger partial charge in [0.1, 0.15) is 11.5 Å². The number of methoxy groups -OCH3 is 1. The minimum Gasteiger partial charge on any atom is -0.465 e. The lowest BCUT2D eigenvalue weighted by atomic mass is 10.0. The number of aryl methyl sites for hydroxylation is 1. The predicted octanol–water partition coefficient (Wildman–Crippen LogP) is 4.40. The predicted molar refractivity (Wildman–Crippen MR) is 119 cm³/mol. The summed E-state index contributed by atoms with van der Waals surface area (Å²) in [4.78, 5) is 12.0. The Kier molecular flexibility index (Phi) is 7.09. The van der Waals surface area contributed by atoms with Gasteiger partial charge in [0.15, 0.2) is 0 Å². The maximum Gasteiger partial charge on any atom is 0.338 e. The summed E-state index contributed by atoms with van der Waals surface area (Å²) in [5, 5.41) is 0. The topological polar surface area (TPSA) is 81.7 Å². The van der Waals surface area contributed by atoms with E-state index >= 15 is 0 Å². The monoisotopic (exact) mass is 439 g/mol. The van der Waals surface area contributed by atoms with Crippen molar-refractivity contribution in [2.24, 2.45) is 0 Å². The Hall–Kier alpha value is -3.16. The smallest absolute Gasteiger partial charge is 0.338 e. The van der Waals surface area contributed by atoms with Crippen LogP contribution in [-0.2, 0) is 21.2 Å². The molecule has 3 aromatic rings. The Labute approximate surface area is 182 Å². The molecule has 0 saturated heterocycles. The molecular formula is C24H25NO5S. The van der Waals surface area contributed by atoms with E-state index in [1.807, 2.05) is 54.6 Å². The molecule has 0 radical (unpaired) electrons. The Morgan fingerprint density at radius 2 is 1.58 bits per heavy atom. The van der Waals surface area contributed by atoms with Gasteiger partial charge in [0.2, 0.25) is 10.0 Å². The average molecular weight is 440 g/mol. The van der Waals surface area contributed by atoms with Crippen molar-refractivity contribution in [2.45, 2.75) is 25.2 Å². The van der Waals surface area contributed by atoms with Crippen LogP contribution in [-0.4, -0.2) is 28.0 Å². The van der Waals surface area contributed by atoms with E-state index in [-0.39, 0.29) is 17.0 Å². The molecule has 0 bridgehead atoms. The highest BCUT2D eigenvalue weighted by atomic mass is 32.2. The quantitative estimate of drug-likeness (QED) is 0.526. The molecule has 0 atom stereocenters. The van der Waals surface area contributed by atoms with Crippen molar-refractivity contribution < 1.29 is 22.7 Å². The van der Waals surface area contributed by atoms with Crippen molar-refractivity contribution in [1.82, 2.24) is 4.72 Å². The van der Waals surface area contributed by atoms with Crippen molar-refractivity contribution in [3.8, 4) is 11.5 Å². The van der Waals surface area contributed by atoms with Crippen LogP contribution in [0.5, 0.6) is 11.5 Å². The highest BCUT2D eigenvalue weighted by Gasteiger charge is 2.20. The van der Waals surface area contributed by atoms with Crippen molar-refractivity contribution in [3.63, 3.8) is 0 Å². The first-order valence-electron chi connectivity index (χ1n) is 9.81. The molecule has 31 heavy (non-hydrogen) atoms. The Bertz CT molecular complexity index is 1160. The van der Waals surface area contributed by atoms with Crippen LogP contribution >= 0.6 is 0 Å². The molecule has 7 heteroatoms. The third-order valence-electron chi connectivity index (χ3n) is 4.96. The maximum absolute atomic E-state index is 12.7. The molecule has 0 aliphatic heterocycles. The van der Waals surface area contributed by atoms with Gasteiger partial charge in [-0.15, -0.1) is 0 Å². The first-order chi connectivity index (χ1) is 14.8. The lowest BCUT2D eigenvalue weighted by Gasteiger charge is -2.12. The molecule has 3 rings (SSSR count). The molecule has 6 nitrogen and oxygen atoms in total. The number of nitrogens with one attached hydrogen (secondary N) is 1. The number of carbonyl (C=O) groups is 1. The molecule has 0 saturated carbocycles. The number of benzene rings is 3. The fourth-order valence-corrected chi connectivity index (χ4v) is 4.21. The standard InChI is InChI=1S/C24H25NO5S/c1-17-15-22(16-23(18(17)2)24(26)29-3)31(27,28)25-14-13-19-9-11-21(12-10-19)30-20-7-5-4-6-8-20/h4-12,15-16,25H,13-14H2,1-3H3. The Balaban J connectivity index is 1.63. The fourth-order valence-electron chi connectivity index (χ4n) is 3.07. The normalized spacial score (nSPS) is 11.2. The van der Waals surface area contributed by atoms with E-state index in [0.717, 1.165) is 11.3 Å². The number of ether oxygens (including phenoxy) is 2. The molecule has 0 unspecified atom stereocenters. The van der Waals surface area contributed by atoms with Crippen LogP contribution in [0.2, 0.25) is 0 Å². The van der Waals surface area contributed by atoms with Crippen LogP contribution in [0.15, 0.2) is 71.6 Å². The minimum absolute atomic E-state index is 0.0441. The zero-order chi connectivity index (χ0) is 22.4. The van der Waals surface area contributed by atoms with Gasteiger partial charge in [-0.05, 0) is 73.4 Å². The number of esters is 1. The average Bonchev–Trinajstić information content (AvgIpc) is 2.76. The first-order valence-corrected chi connectivity index (χ1v) is 11.3. The first kappa shape index (κ1) is 22.5. The van der Waals surface area contributed by atoms with Gasteiger partial charge < -0.3 is 9.47 Å². The third-order valence-corrected chi connectivity index (χ3v) is 6.40. The van der Waals surface area contributed by atoms with E-state index < -0.39 is 16.0 Å². The molecule has 0 aliphatic rings. The highest BCUT2D eigenvalue weighted by Crippen LogP contribution is 2.22. The van der Waals surface area contributed by atoms with Gasteiger partial charge in [0.25, 0.3) is 0 Å². The van der Waals surface area contributed by atoms with Gasteiger partial charge in [0.05, 0.1) is 17.6 Å². The number of hydrogen-bond donors (Lipinski definition) is 1. The van der Waals surface area contributed by atoms with Crippen molar-refractivity contribution in [3.05, 3.63) is 89.0 Å². The van der Waals surface area contributed by atoms with Gasteiger partial charge in [-0.2, -0.15) is 0 Å². The summed E-state index contributed by atoms with van der Waals surface area (Å²) in [6, 6.07) is 19.9. The summed E-state index contributed by atoms with van der Waals surface area (Å²) in [6.07, 6.45) is 0.513. The zero-order valence-corrected chi connectivity index (χ0v) is 18.5. The molecule has 0 fully saturated rings. The molecule has 0 spiro atoms. The summed E-state index contributed by atoms with van der Waals surface area (Å²) < 4.78 is 38.6. The van der Waals surface area contributed by atoms with Crippen LogP contribution in [0, 0.1) is 13.8 Å². The van der Waals surface area contributed by atoms with Gasteiger partial charge in [-0.3, -0.25) is 0 Å². The molecule has 162 valence electrons. The molecule has 0 aliphatic carbocycles. The summed E-state index contributed by atoms with van der Waals surface area (Å²) in [7, 11) is -2.49. The summed E-state index contributed by atoms with van der Waals surface area (Å²) in [6.45, 7) is 3.75. The molecule has 3 aromatic carbocycles. The van der Waals surface area contributed by atoms with Crippen LogP contribution in [0.3, 0.4) is 0 Å². The molecule has 0 amide bonds. The Morgan fingerprint density at radius 3 is 2.23 bits per heavy atom. The van der Waals surface area contributed by atoms with E-state index in [9.17, 15) is 13.2 Å². The molecule has 1 N–H and O–H groups in total. The Morgan fingerprint density at radius 1 is 0.935 bits per heavy atom. The third kappa shape index (κ3) is 5.71. The van der Waals surface area contributed by atoms with Gasteiger partial charge in [-0.25, -0.2) is 17.9 Å². The lowest BCUT2D eigenvalue weighted by molar-refractivity contribution is 0.0599. The van der Waals surface area contributed by atoms with Crippen molar-refractivity contribution in [2.75, 3.05) is 13.7 Å². The summed E-state index contributed by atoms with van der Waals surface area (Å²) >= 11 is 0. The summed E-state index contributed by atoms with van der Waals surface area (Å²) in [5.41, 5.74) is 2.62. The number of carbonyl (C=O) groups excluding carboxylic acids is 1. The second kappa shape index (κ2) is 9.76. The van der Waals surface area contributed by atoms with Crippen LogP contribution in [0.25, 0.3) is 0 Å². The van der Waals surface area contributed by atoms with Gasteiger partial charge in [-0.1, -0.05) is 30.3 Å². The number of para-hydroxylation sites is 1. The highest BCUT2D eigenvalue weighted by molar-refractivity contribution is 7.89. The SMILES string of the molecule is COC(=O)c1cc(S(=O)(=O)NCCc2ccc(Oc3ccccc3)cc2)cc(C)c1C. The van der Waals surface area contributed by atoms with E-state index in [0.29, 0.717) is 23.3 Å². The second-order valence-electron chi connectivity index (χ2n) is 7.11. The van der Waals surface area contributed by atoms with Crippen LogP contribution in [0.4, 0.5) is 0 Å². The number of sulfonamides is 1. The minimum atomic E-state index is -3.77. The maximum atomic E-state index is 12.7. The van der Waals surface area contributed by atoms with E-state index in [4.69, 9.17) is 9.47 Å². The molecule has 0 heterocycles. The van der Waals surface area contributed by atoms with Crippen LogP contribution < -0.4 is 9.46 Å².